The van der Waals surface area contributed by atoms with Crippen molar-refractivity contribution in [3.05, 3.63) is 46.2 Å². The monoisotopic (exact) mass is 293 g/mol. The fourth-order valence-electron chi connectivity index (χ4n) is 1.64. The number of nitrogens with zero attached hydrogens (tertiary/aromatic N) is 1. The molecule has 1 unspecified atom stereocenters. The summed E-state index contributed by atoms with van der Waals surface area (Å²) in [6.07, 6.45) is 1.82. The molecule has 6 heteroatoms. The Morgan fingerprint density at radius 3 is 2.70 bits per heavy atom. The smallest absolute Gasteiger partial charge is 0.238 e. The van der Waals surface area contributed by atoms with Crippen molar-refractivity contribution in [3.63, 3.8) is 0 Å². The highest BCUT2D eigenvalue weighted by molar-refractivity contribution is 7.11. The number of hydrogen-bond acceptors (Lipinski definition) is 4. The normalized spacial score (nSPS) is 12.2. The number of aromatic nitrogens is 1. The second-order valence-electron chi connectivity index (χ2n) is 4.47. The Morgan fingerprint density at radius 1 is 1.40 bits per heavy atom. The van der Waals surface area contributed by atoms with Crippen LogP contribution in [0.2, 0.25) is 0 Å². The molecule has 20 heavy (non-hydrogen) atoms. The lowest BCUT2D eigenvalue weighted by atomic mass is 10.3. The zero-order valence-electron chi connectivity index (χ0n) is 11.3. The van der Waals surface area contributed by atoms with Gasteiger partial charge in [-0.05, 0) is 38.1 Å². The number of thiazole rings is 1. The lowest BCUT2D eigenvalue weighted by Gasteiger charge is -2.11. The van der Waals surface area contributed by atoms with Gasteiger partial charge in [0.15, 0.2) is 0 Å². The molecule has 1 amide bonds. The molecule has 2 aromatic rings. The van der Waals surface area contributed by atoms with Crippen molar-refractivity contribution in [2.75, 3.05) is 11.9 Å². The van der Waals surface area contributed by atoms with Gasteiger partial charge in [-0.15, -0.1) is 11.3 Å². The van der Waals surface area contributed by atoms with Crippen molar-refractivity contribution in [1.82, 2.24) is 10.3 Å². The van der Waals surface area contributed by atoms with Gasteiger partial charge in [0.1, 0.15) is 10.8 Å². The molecule has 0 saturated heterocycles. The maximum Gasteiger partial charge on any atom is 0.238 e. The summed E-state index contributed by atoms with van der Waals surface area (Å²) < 4.78 is 12.7. The van der Waals surface area contributed by atoms with Crippen molar-refractivity contribution >= 4 is 22.9 Å². The van der Waals surface area contributed by atoms with Gasteiger partial charge in [0.05, 0.1) is 12.6 Å². The molecule has 2 N–H and O–H groups in total. The summed E-state index contributed by atoms with van der Waals surface area (Å²) in [5.74, 6) is -0.495. The number of aryl methyl sites for hydroxylation is 1. The van der Waals surface area contributed by atoms with E-state index in [1.807, 2.05) is 20.0 Å². The van der Waals surface area contributed by atoms with E-state index in [2.05, 4.69) is 15.6 Å². The van der Waals surface area contributed by atoms with Crippen molar-refractivity contribution in [3.8, 4) is 0 Å². The summed E-state index contributed by atoms with van der Waals surface area (Å²) in [4.78, 5) is 17.2. The van der Waals surface area contributed by atoms with E-state index in [0.29, 0.717) is 5.69 Å². The van der Waals surface area contributed by atoms with Crippen LogP contribution in [-0.2, 0) is 4.79 Å². The van der Waals surface area contributed by atoms with Gasteiger partial charge in [-0.2, -0.15) is 0 Å². The SMILES string of the molecule is Cc1cnc(C(C)NCC(=O)Nc2ccc(F)cc2)s1. The number of halogens is 1. The van der Waals surface area contributed by atoms with E-state index in [-0.39, 0.29) is 24.3 Å². The van der Waals surface area contributed by atoms with Crippen molar-refractivity contribution in [2.24, 2.45) is 0 Å². The highest BCUT2D eigenvalue weighted by Crippen LogP contribution is 2.18. The minimum Gasteiger partial charge on any atom is -0.325 e. The summed E-state index contributed by atoms with van der Waals surface area (Å²) in [6, 6.07) is 5.70. The fraction of sp³-hybridized carbons (Fsp3) is 0.286. The summed E-state index contributed by atoms with van der Waals surface area (Å²) in [6.45, 7) is 4.13. The molecule has 0 fully saturated rings. The Balaban J connectivity index is 1.81. The van der Waals surface area contributed by atoms with Crippen LogP contribution in [-0.4, -0.2) is 17.4 Å². The fourth-order valence-corrected chi connectivity index (χ4v) is 2.44. The van der Waals surface area contributed by atoms with Crippen LogP contribution in [0, 0.1) is 12.7 Å². The van der Waals surface area contributed by atoms with Crippen molar-refractivity contribution in [2.45, 2.75) is 19.9 Å². The van der Waals surface area contributed by atoms with E-state index in [4.69, 9.17) is 0 Å². The van der Waals surface area contributed by atoms with Crippen molar-refractivity contribution in [1.29, 1.82) is 0 Å². The second-order valence-corrected chi connectivity index (χ2v) is 5.73. The number of benzene rings is 1. The number of rotatable bonds is 5. The molecule has 2 rings (SSSR count). The molecule has 0 radical (unpaired) electrons. The summed E-state index contributed by atoms with van der Waals surface area (Å²) in [7, 11) is 0. The molecule has 1 aromatic heterocycles. The Kier molecular flexibility index (Phi) is 4.81. The number of carbonyl (C=O) groups excluding carboxylic acids is 1. The Morgan fingerprint density at radius 2 is 2.10 bits per heavy atom. The van der Waals surface area contributed by atoms with Crippen LogP contribution in [0.1, 0.15) is 22.9 Å². The lowest BCUT2D eigenvalue weighted by Crippen LogP contribution is -2.30. The van der Waals surface area contributed by atoms with Gasteiger partial charge < -0.3 is 5.32 Å². The minimum absolute atomic E-state index is 0.0210. The first-order chi connectivity index (χ1) is 9.54. The second kappa shape index (κ2) is 6.58. The van der Waals surface area contributed by atoms with Gasteiger partial charge in [-0.1, -0.05) is 0 Å². The molecule has 106 valence electrons. The van der Waals surface area contributed by atoms with Crippen LogP contribution in [0.25, 0.3) is 0 Å². The summed E-state index contributed by atoms with van der Waals surface area (Å²) in [5, 5.41) is 6.76. The number of carbonyl (C=O) groups is 1. The van der Waals surface area contributed by atoms with E-state index < -0.39 is 0 Å². The summed E-state index contributed by atoms with van der Waals surface area (Å²) >= 11 is 1.61. The number of hydrogen-bond donors (Lipinski definition) is 2. The van der Waals surface area contributed by atoms with Crippen LogP contribution in [0.3, 0.4) is 0 Å². The Labute approximate surface area is 121 Å². The predicted octanol–water partition coefficient (Wildman–Crippen LogP) is 2.88. The van der Waals surface area contributed by atoms with Gasteiger partial charge in [0.25, 0.3) is 0 Å². The quantitative estimate of drug-likeness (QED) is 0.891. The van der Waals surface area contributed by atoms with E-state index in [1.165, 1.54) is 24.3 Å². The van der Waals surface area contributed by atoms with E-state index in [9.17, 15) is 9.18 Å². The van der Waals surface area contributed by atoms with Gasteiger partial charge >= 0.3 is 0 Å². The molecule has 1 atom stereocenters. The molecule has 1 aromatic carbocycles. The highest BCUT2D eigenvalue weighted by atomic mass is 32.1. The Hall–Kier alpha value is -1.79. The molecule has 0 aliphatic carbocycles. The van der Waals surface area contributed by atoms with E-state index in [0.717, 1.165) is 9.88 Å². The zero-order chi connectivity index (χ0) is 14.5. The third-order valence-electron chi connectivity index (χ3n) is 2.71. The van der Waals surface area contributed by atoms with Gasteiger partial charge in [-0.25, -0.2) is 9.37 Å². The maximum atomic E-state index is 12.7. The van der Waals surface area contributed by atoms with E-state index in [1.54, 1.807) is 11.3 Å². The predicted molar refractivity (Wildman–Crippen MR) is 78.3 cm³/mol. The van der Waals surface area contributed by atoms with Crippen LogP contribution in [0.15, 0.2) is 30.5 Å². The standard InChI is InChI=1S/C14H16FN3OS/c1-9-7-17-14(20-9)10(2)16-8-13(19)18-12-5-3-11(15)4-6-12/h3-7,10,16H,8H2,1-2H3,(H,18,19). The minimum atomic E-state index is -0.325. The molecule has 0 aliphatic rings. The first kappa shape index (κ1) is 14.6. The number of anilines is 1. The van der Waals surface area contributed by atoms with Crippen molar-refractivity contribution < 1.29 is 9.18 Å². The van der Waals surface area contributed by atoms with E-state index >= 15 is 0 Å². The highest BCUT2D eigenvalue weighted by Gasteiger charge is 2.10. The third kappa shape index (κ3) is 4.11. The van der Waals surface area contributed by atoms with Crippen LogP contribution in [0.4, 0.5) is 10.1 Å². The largest absolute Gasteiger partial charge is 0.325 e. The van der Waals surface area contributed by atoms with Crippen LogP contribution in [0.5, 0.6) is 0 Å². The molecule has 0 spiro atoms. The molecule has 0 aliphatic heterocycles. The number of nitrogens with one attached hydrogen (secondary N) is 2. The molecule has 4 nitrogen and oxygen atoms in total. The maximum absolute atomic E-state index is 12.7. The first-order valence-corrected chi connectivity index (χ1v) is 7.07. The molecular weight excluding hydrogens is 277 g/mol. The summed E-state index contributed by atoms with van der Waals surface area (Å²) in [5.41, 5.74) is 0.580. The molecular formula is C14H16FN3OS. The van der Waals surface area contributed by atoms with Gasteiger partial charge in [0, 0.05) is 16.8 Å². The average molecular weight is 293 g/mol. The van der Waals surface area contributed by atoms with Crippen LogP contribution < -0.4 is 10.6 Å². The number of amides is 1. The molecule has 0 bridgehead atoms. The first-order valence-electron chi connectivity index (χ1n) is 6.26. The molecule has 0 saturated carbocycles. The zero-order valence-corrected chi connectivity index (χ0v) is 12.1. The average Bonchev–Trinajstić information content (AvgIpc) is 2.85. The van der Waals surface area contributed by atoms with Gasteiger partial charge in [-0.3, -0.25) is 10.1 Å². The third-order valence-corrected chi connectivity index (χ3v) is 3.80. The Bertz CT molecular complexity index is 582. The van der Waals surface area contributed by atoms with Gasteiger partial charge in [0.2, 0.25) is 5.91 Å². The van der Waals surface area contributed by atoms with Crippen LogP contribution >= 0.6 is 11.3 Å². The lowest BCUT2D eigenvalue weighted by molar-refractivity contribution is -0.115. The topological polar surface area (TPSA) is 54.0 Å². The molecule has 1 heterocycles.